The number of pyridine rings is 1. The first-order valence-electron chi connectivity index (χ1n) is 11.1. The quantitative estimate of drug-likeness (QED) is 0.462. The summed E-state index contributed by atoms with van der Waals surface area (Å²) in [7, 11) is 6.98. The summed E-state index contributed by atoms with van der Waals surface area (Å²) in [5.74, 6) is 0.862. The number of nitrogens with one attached hydrogen (secondary N) is 1. The van der Waals surface area contributed by atoms with Crippen LogP contribution < -0.4 is 10.1 Å². The largest absolute Gasteiger partial charge is 2.00 e. The summed E-state index contributed by atoms with van der Waals surface area (Å²) in [5, 5.41) is 2.99. The average molecular weight is 682 g/mol. The molecule has 1 aromatic heterocycles. The molecule has 0 saturated heterocycles. The summed E-state index contributed by atoms with van der Waals surface area (Å²) < 4.78 is 5.02. The third-order valence-electron chi connectivity index (χ3n) is 6.66. The van der Waals surface area contributed by atoms with Crippen molar-refractivity contribution in [3.63, 3.8) is 0 Å². The fourth-order valence-corrected chi connectivity index (χ4v) is 4.49. The average Bonchev–Trinajstić information content (AvgIpc) is 3.61. The van der Waals surface area contributed by atoms with Crippen LogP contribution in [0.4, 0.5) is 5.82 Å². The zero-order valence-corrected chi connectivity index (χ0v) is 24.2. The Balaban J connectivity index is 0.00000324. The number of amides is 2. The Kier molecular flexibility index (Phi) is 8.11. The number of hydrogen-bond acceptors (Lipinski definition) is 4. The van der Waals surface area contributed by atoms with E-state index in [1.54, 1.807) is 25.1 Å². The van der Waals surface area contributed by atoms with Gasteiger partial charge in [-0.25, -0.2) is 4.98 Å². The van der Waals surface area contributed by atoms with E-state index in [1.807, 2.05) is 49.4 Å². The Bertz CT molecular complexity index is 1150. The molecule has 1 aromatic carbocycles. The molecule has 7 heteroatoms. The van der Waals surface area contributed by atoms with E-state index < -0.39 is 5.41 Å². The summed E-state index contributed by atoms with van der Waals surface area (Å²) in [5.41, 5.74) is 3.19. The minimum absolute atomic E-state index is 0. The molecule has 34 heavy (non-hydrogen) atoms. The van der Waals surface area contributed by atoms with E-state index in [2.05, 4.69) is 30.4 Å². The molecule has 1 saturated carbocycles. The third kappa shape index (κ3) is 5.01. The van der Waals surface area contributed by atoms with Crippen molar-refractivity contribution in [1.82, 2.24) is 9.88 Å². The smallest absolute Gasteiger partial charge is 0.683 e. The van der Waals surface area contributed by atoms with Gasteiger partial charge in [0.1, 0.15) is 5.82 Å². The standard InChI is InChI=1S/C27H29N3O3.U/c1-17-21(10-7-11-22(17)25(31)30(3)4)23-12-13-24(28-18(23)2)29-26(32)27(14-15-27)19-8-6-9-20(16-19)33-5;/h6-8,10-13,16-17,22H,5,14-15H2,1-4H3,(H,28,29,32);/q-2;+2. The second-order valence-electron chi connectivity index (χ2n) is 9.01. The van der Waals surface area contributed by atoms with Crippen LogP contribution in [-0.4, -0.2) is 35.8 Å². The van der Waals surface area contributed by atoms with E-state index in [0.717, 1.165) is 35.2 Å². The van der Waals surface area contributed by atoms with Crippen molar-refractivity contribution in [3.05, 3.63) is 78.6 Å². The summed E-state index contributed by atoms with van der Waals surface area (Å²) in [6.07, 6.45) is 7.48. The van der Waals surface area contributed by atoms with Gasteiger partial charge < -0.3 is 15.0 Å². The van der Waals surface area contributed by atoms with E-state index >= 15 is 0 Å². The van der Waals surface area contributed by atoms with Crippen LogP contribution in [0.2, 0.25) is 0 Å². The second-order valence-corrected chi connectivity index (χ2v) is 9.01. The SMILES string of the molecule is [CH2-]Oc1[c-]ccc(C2(C(=O)Nc3ccc(C4=CC=CC(C(=O)N(C)C)C4C)c(C)n3)CC2)c1.[U+2]. The Morgan fingerprint density at radius 3 is 2.62 bits per heavy atom. The summed E-state index contributed by atoms with van der Waals surface area (Å²) >= 11 is 0. The molecule has 0 spiro atoms. The number of benzene rings is 1. The van der Waals surface area contributed by atoms with Gasteiger partial charge in [0.15, 0.2) is 0 Å². The van der Waals surface area contributed by atoms with Gasteiger partial charge in [0.25, 0.3) is 0 Å². The van der Waals surface area contributed by atoms with Gasteiger partial charge >= 0.3 is 31.1 Å². The van der Waals surface area contributed by atoms with Crippen molar-refractivity contribution < 1.29 is 45.4 Å². The molecule has 2 aliphatic rings. The Hall–Kier alpha value is -2.36. The molecule has 1 N–H and O–H groups in total. The van der Waals surface area contributed by atoms with Gasteiger partial charge in [-0.05, 0) is 54.7 Å². The van der Waals surface area contributed by atoms with Crippen LogP contribution in [0, 0.1) is 63.0 Å². The topological polar surface area (TPSA) is 71.5 Å². The molecule has 0 bridgehead atoms. The third-order valence-corrected chi connectivity index (χ3v) is 6.66. The van der Waals surface area contributed by atoms with Crippen LogP contribution in [0.15, 0.2) is 48.6 Å². The molecule has 2 atom stereocenters. The van der Waals surface area contributed by atoms with Gasteiger partial charge in [-0.1, -0.05) is 25.2 Å². The number of carbonyl (C=O) groups is 2. The number of rotatable bonds is 6. The summed E-state index contributed by atoms with van der Waals surface area (Å²) in [6.45, 7) is 3.99. The number of aryl methyl sites for hydroxylation is 1. The summed E-state index contributed by atoms with van der Waals surface area (Å²) in [4.78, 5) is 32.0. The van der Waals surface area contributed by atoms with Crippen molar-refractivity contribution in [3.8, 4) is 5.75 Å². The fraction of sp³-hybridized carbons (Fsp3) is 0.333. The van der Waals surface area contributed by atoms with Gasteiger partial charge in [0.05, 0.1) is 11.3 Å². The molecule has 4 rings (SSSR count). The summed E-state index contributed by atoms with van der Waals surface area (Å²) in [6, 6.07) is 12.2. The van der Waals surface area contributed by atoms with Gasteiger partial charge in [0.2, 0.25) is 11.8 Å². The number of allylic oxidation sites excluding steroid dienone is 3. The molecule has 174 valence electrons. The van der Waals surface area contributed by atoms with Crippen LogP contribution >= 0.6 is 0 Å². The predicted molar refractivity (Wildman–Crippen MR) is 128 cm³/mol. The molecular weight excluding hydrogens is 652 g/mol. The van der Waals surface area contributed by atoms with E-state index in [-0.39, 0.29) is 54.8 Å². The predicted octanol–water partition coefficient (Wildman–Crippen LogP) is 4.32. The Morgan fingerprint density at radius 1 is 1.26 bits per heavy atom. The number of carbonyl (C=O) groups excluding carboxylic acids is 2. The number of hydrogen-bond donors (Lipinski definition) is 1. The molecular formula is C27H29N3O3U. The molecule has 6 nitrogen and oxygen atoms in total. The van der Waals surface area contributed by atoms with Gasteiger partial charge in [-0.15, -0.1) is 17.7 Å². The van der Waals surface area contributed by atoms with Gasteiger partial charge in [-0.3, -0.25) is 9.59 Å². The van der Waals surface area contributed by atoms with Crippen LogP contribution in [0.25, 0.3) is 5.57 Å². The van der Waals surface area contributed by atoms with Crippen molar-refractivity contribution in [1.29, 1.82) is 0 Å². The maximum atomic E-state index is 13.1. The zero-order valence-electron chi connectivity index (χ0n) is 20.0. The molecule has 1 heterocycles. The number of anilines is 1. The first-order valence-corrected chi connectivity index (χ1v) is 11.1. The fourth-order valence-electron chi connectivity index (χ4n) is 4.49. The van der Waals surface area contributed by atoms with E-state index in [1.165, 1.54) is 0 Å². The van der Waals surface area contributed by atoms with Crippen LogP contribution in [0.5, 0.6) is 5.75 Å². The minimum Gasteiger partial charge on any atom is -0.683 e. The molecule has 0 aliphatic heterocycles. The molecule has 1 fully saturated rings. The molecule has 2 aromatic rings. The van der Waals surface area contributed by atoms with Gasteiger partial charge in [0, 0.05) is 19.8 Å². The molecule has 2 amide bonds. The number of ether oxygens (including phenoxy) is 1. The van der Waals surface area contributed by atoms with Crippen molar-refractivity contribution in [2.24, 2.45) is 11.8 Å². The second kappa shape index (κ2) is 10.5. The Morgan fingerprint density at radius 2 is 2.00 bits per heavy atom. The van der Waals surface area contributed by atoms with Crippen LogP contribution in [-0.2, 0) is 15.0 Å². The number of nitrogens with zero attached hydrogens (tertiary/aromatic N) is 2. The first kappa shape index (κ1) is 26.3. The zero-order chi connectivity index (χ0) is 23.8. The Labute approximate surface area is 225 Å². The molecule has 0 radical (unpaired) electrons. The first-order chi connectivity index (χ1) is 15.8. The van der Waals surface area contributed by atoms with Crippen molar-refractivity contribution in [2.75, 3.05) is 19.4 Å². The van der Waals surface area contributed by atoms with Gasteiger partial charge in [-0.2, -0.15) is 19.2 Å². The van der Waals surface area contributed by atoms with E-state index in [4.69, 9.17) is 4.74 Å². The molecule has 2 aliphatic carbocycles. The van der Waals surface area contributed by atoms with Crippen molar-refractivity contribution >= 4 is 23.2 Å². The van der Waals surface area contributed by atoms with E-state index in [9.17, 15) is 9.59 Å². The monoisotopic (exact) mass is 681 g/mol. The maximum Gasteiger partial charge on any atom is 2.00 e. The van der Waals surface area contributed by atoms with Crippen LogP contribution in [0.3, 0.4) is 0 Å². The van der Waals surface area contributed by atoms with Crippen LogP contribution in [0.1, 0.15) is 36.6 Å². The molecule has 2 unspecified atom stereocenters. The van der Waals surface area contributed by atoms with E-state index in [0.29, 0.717) is 11.6 Å². The van der Waals surface area contributed by atoms with Crippen molar-refractivity contribution in [2.45, 2.75) is 32.1 Å². The normalized spacial score (nSPS) is 20.0. The maximum absolute atomic E-state index is 13.1. The minimum atomic E-state index is -0.568. The number of aromatic nitrogens is 1.